The number of nitrogens with one attached hydrogen (secondary N) is 1. The van der Waals surface area contributed by atoms with Crippen LogP contribution >= 0.6 is 0 Å². The van der Waals surface area contributed by atoms with Crippen LogP contribution in [-0.2, 0) is 4.79 Å². The molecule has 6 nitrogen and oxygen atoms in total. The Labute approximate surface area is 173 Å². The van der Waals surface area contributed by atoms with Gasteiger partial charge in [-0.15, -0.1) is 0 Å². The third-order valence-electron chi connectivity index (χ3n) is 4.48. The molecule has 0 saturated heterocycles. The van der Waals surface area contributed by atoms with Crippen LogP contribution in [0.25, 0.3) is 0 Å². The first kappa shape index (κ1) is 21.3. The largest absolute Gasteiger partial charge is 0.490 e. The van der Waals surface area contributed by atoms with E-state index >= 15 is 0 Å². The van der Waals surface area contributed by atoms with Gasteiger partial charge in [0.25, 0.3) is 0 Å². The highest BCUT2D eigenvalue weighted by Crippen LogP contribution is 2.39. The maximum absolute atomic E-state index is 12.8. The summed E-state index contributed by atoms with van der Waals surface area (Å²) in [4.78, 5) is 24.2. The maximum Gasteiger partial charge on any atom is 0.229 e. The van der Waals surface area contributed by atoms with Gasteiger partial charge in [-0.1, -0.05) is 18.2 Å². The van der Waals surface area contributed by atoms with Crippen LogP contribution in [0.4, 0.5) is 14.6 Å². The van der Waals surface area contributed by atoms with E-state index in [9.17, 15) is 13.6 Å². The van der Waals surface area contributed by atoms with Crippen molar-refractivity contribution in [2.24, 2.45) is 11.8 Å². The molecule has 30 heavy (non-hydrogen) atoms. The molecule has 0 radical (unpaired) electrons. The average Bonchev–Trinajstić information content (AvgIpc) is 3.50. The lowest BCUT2D eigenvalue weighted by Crippen LogP contribution is -2.17. The molecular formula is C22H22F2N4O2. The minimum atomic E-state index is -0.434. The van der Waals surface area contributed by atoms with Gasteiger partial charge in [0.1, 0.15) is 23.3 Å². The summed E-state index contributed by atoms with van der Waals surface area (Å²) in [5.41, 5.74) is 0.787. The number of hydrogen-bond acceptors (Lipinski definition) is 5. The number of carbonyl (C=O) groups excluding carboxylic acids is 1. The van der Waals surface area contributed by atoms with Crippen molar-refractivity contribution in [3.63, 3.8) is 0 Å². The molecule has 1 aliphatic carbocycles. The highest BCUT2D eigenvalue weighted by molar-refractivity contribution is 5.93. The van der Waals surface area contributed by atoms with Gasteiger partial charge in [-0.25, -0.2) is 23.7 Å². The average molecular weight is 412 g/mol. The fourth-order valence-electron chi connectivity index (χ4n) is 2.75. The molecule has 2 atom stereocenters. The molecule has 0 bridgehead atoms. The third kappa shape index (κ3) is 6.30. The molecule has 0 spiro atoms. The molecule has 156 valence electrons. The van der Waals surface area contributed by atoms with E-state index in [0.717, 1.165) is 18.3 Å². The summed E-state index contributed by atoms with van der Waals surface area (Å²) in [6.45, 7) is 4.13. The smallest absolute Gasteiger partial charge is 0.229 e. The van der Waals surface area contributed by atoms with Crippen molar-refractivity contribution in [2.75, 3.05) is 11.9 Å². The first-order valence-electron chi connectivity index (χ1n) is 9.48. The predicted molar refractivity (Wildman–Crippen MR) is 108 cm³/mol. The van der Waals surface area contributed by atoms with Crippen LogP contribution in [0, 0.1) is 37.3 Å². The number of benzene rings is 1. The summed E-state index contributed by atoms with van der Waals surface area (Å²) in [5, 5.41) is 2.68. The second-order valence-corrected chi connectivity index (χ2v) is 6.93. The van der Waals surface area contributed by atoms with Crippen molar-refractivity contribution in [2.45, 2.75) is 20.3 Å². The summed E-state index contributed by atoms with van der Waals surface area (Å²) in [6, 6.07) is 10.6. The van der Waals surface area contributed by atoms with Crippen molar-refractivity contribution < 1.29 is 18.3 Å². The zero-order valence-electron chi connectivity index (χ0n) is 16.7. The second-order valence-electron chi connectivity index (χ2n) is 6.93. The molecule has 1 aliphatic rings. The van der Waals surface area contributed by atoms with Gasteiger partial charge in [0.2, 0.25) is 5.91 Å². The van der Waals surface area contributed by atoms with E-state index < -0.39 is 5.82 Å². The number of pyridine rings is 1. The van der Waals surface area contributed by atoms with Gasteiger partial charge in [0.05, 0.1) is 24.7 Å². The summed E-state index contributed by atoms with van der Waals surface area (Å²) in [5.74, 6) is 1.02. The molecule has 2 aromatic heterocycles. The molecule has 2 unspecified atom stereocenters. The Bertz CT molecular complexity index is 984. The van der Waals surface area contributed by atoms with Crippen LogP contribution in [0.3, 0.4) is 0 Å². The molecule has 1 saturated carbocycles. The van der Waals surface area contributed by atoms with E-state index in [2.05, 4.69) is 20.3 Å². The first-order valence-corrected chi connectivity index (χ1v) is 9.48. The van der Waals surface area contributed by atoms with Gasteiger partial charge in [0.15, 0.2) is 5.75 Å². The Balaban J connectivity index is 0.000000310. The highest BCUT2D eigenvalue weighted by Gasteiger charge is 2.43. The van der Waals surface area contributed by atoms with E-state index in [4.69, 9.17) is 4.74 Å². The van der Waals surface area contributed by atoms with E-state index in [-0.39, 0.29) is 23.6 Å². The van der Waals surface area contributed by atoms with E-state index in [0.29, 0.717) is 24.0 Å². The number of aromatic nitrogens is 3. The van der Waals surface area contributed by atoms with Crippen molar-refractivity contribution in [1.29, 1.82) is 0 Å². The number of aryl methyl sites for hydroxylation is 2. The standard InChI is InChI=1S/C16H17FN4O2.C6H5F/c1-9-14(7-18-10(2)20-9)23-8-11-5-13(11)16(22)21-15-4-3-12(17)6-19-15;7-6-4-2-1-3-5-6/h3-4,6-7,11,13H,5,8H2,1-2H3,(H,19,21,22);1-5H. The fourth-order valence-corrected chi connectivity index (χ4v) is 2.75. The molecule has 1 amide bonds. The summed E-state index contributed by atoms with van der Waals surface area (Å²) >= 11 is 0. The maximum atomic E-state index is 12.8. The van der Waals surface area contributed by atoms with Gasteiger partial charge in [0, 0.05) is 11.8 Å². The Kier molecular flexibility index (Phi) is 7.00. The molecule has 8 heteroatoms. The number of halogens is 2. The molecule has 4 rings (SSSR count). The third-order valence-corrected chi connectivity index (χ3v) is 4.48. The lowest BCUT2D eigenvalue weighted by molar-refractivity contribution is -0.117. The van der Waals surface area contributed by atoms with E-state index in [1.54, 1.807) is 24.4 Å². The van der Waals surface area contributed by atoms with Crippen LogP contribution in [0.15, 0.2) is 54.9 Å². The SMILES string of the molecule is Cc1ncc(OCC2CC2C(=O)Nc2ccc(F)cn2)c(C)n1.Fc1ccccc1. The molecule has 2 heterocycles. The zero-order chi connectivity index (χ0) is 21.5. The van der Waals surface area contributed by atoms with E-state index in [1.807, 2.05) is 13.8 Å². The number of hydrogen-bond donors (Lipinski definition) is 1. The Morgan fingerprint density at radius 2 is 1.83 bits per heavy atom. The summed E-state index contributed by atoms with van der Waals surface area (Å²) < 4.78 is 30.4. The fraction of sp³-hybridized carbons (Fsp3) is 0.273. The Hall–Kier alpha value is -3.42. The molecular weight excluding hydrogens is 390 g/mol. The Morgan fingerprint density at radius 3 is 2.43 bits per heavy atom. The lowest BCUT2D eigenvalue weighted by Gasteiger charge is -2.08. The summed E-state index contributed by atoms with van der Waals surface area (Å²) in [7, 11) is 0. The number of anilines is 1. The number of amides is 1. The van der Waals surface area contributed by atoms with Crippen molar-refractivity contribution >= 4 is 11.7 Å². The predicted octanol–water partition coefficient (Wildman–Crippen LogP) is 4.11. The molecule has 1 aromatic carbocycles. The van der Waals surface area contributed by atoms with Crippen LogP contribution in [0.1, 0.15) is 17.9 Å². The highest BCUT2D eigenvalue weighted by atomic mass is 19.1. The van der Waals surface area contributed by atoms with Gasteiger partial charge in [-0.3, -0.25) is 4.79 Å². The first-order chi connectivity index (χ1) is 14.4. The number of rotatable bonds is 5. The number of nitrogens with zero attached hydrogens (tertiary/aromatic N) is 3. The minimum Gasteiger partial charge on any atom is -0.490 e. The zero-order valence-corrected chi connectivity index (χ0v) is 16.7. The van der Waals surface area contributed by atoms with E-state index in [1.165, 1.54) is 24.3 Å². The van der Waals surface area contributed by atoms with Crippen LogP contribution < -0.4 is 10.1 Å². The van der Waals surface area contributed by atoms with Crippen LogP contribution in [0.5, 0.6) is 5.75 Å². The molecule has 1 N–H and O–H groups in total. The summed E-state index contributed by atoms with van der Waals surface area (Å²) in [6.07, 6.45) is 3.49. The lowest BCUT2D eigenvalue weighted by atomic mass is 10.3. The number of carbonyl (C=O) groups is 1. The monoisotopic (exact) mass is 412 g/mol. The van der Waals surface area contributed by atoms with Crippen molar-refractivity contribution in [3.05, 3.63) is 78.0 Å². The molecule has 1 fully saturated rings. The topological polar surface area (TPSA) is 77.0 Å². The van der Waals surface area contributed by atoms with Gasteiger partial charge < -0.3 is 10.1 Å². The normalized spacial score (nSPS) is 16.8. The quantitative estimate of drug-likeness (QED) is 0.683. The van der Waals surface area contributed by atoms with Crippen molar-refractivity contribution in [1.82, 2.24) is 15.0 Å². The molecule has 3 aromatic rings. The van der Waals surface area contributed by atoms with Crippen LogP contribution in [0.2, 0.25) is 0 Å². The van der Waals surface area contributed by atoms with Gasteiger partial charge in [-0.2, -0.15) is 0 Å². The second kappa shape index (κ2) is 9.87. The minimum absolute atomic E-state index is 0.103. The van der Waals surface area contributed by atoms with Crippen molar-refractivity contribution in [3.8, 4) is 5.75 Å². The van der Waals surface area contributed by atoms with Gasteiger partial charge in [-0.05, 0) is 44.5 Å². The number of ether oxygens (including phenoxy) is 1. The van der Waals surface area contributed by atoms with Gasteiger partial charge >= 0.3 is 0 Å². The molecule has 0 aliphatic heterocycles. The Morgan fingerprint density at radius 1 is 1.07 bits per heavy atom. The van der Waals surface area contributed by atoms with Crippen LogP contribution in [-0.4, -0.2) is 27.5 Å².